The Bertz CT molecular complexity index is 68.5. The largest absolute Gasteiger partial charge is 0.502 e. The molecule has 0 aliphatic heterocycles. The summed E-state index contributed by atoms with van der Waals surface area (Å²) in [5.74, 6) is 0.955. The Morgan fingerprint density at radius 3 is 2.57 bits per heavy atom. The zero-order valence-electron chi connectivity index (χ0n) is 4.57. The van der Waals surface area contributed by atoms with Crippen LogP contribution in [0, 0.1) is 0 Å². The van der Waals surface area contributed by atoms with Gasteiger partial charge in [0.1, 0.15) is 0 Å². The van der Waals surface area contributed by atoms with Crippen LogP contribution in [-0.2, 0) is 4.74 Å². The second-order valence-corrected chi connectivity index (χ2v) is 1.82. The summed E-state index contributed by atoms with van der Waals surface area (Å²) in [6, 6.07) is 0. The fourth-order valence-electron chi connectivity index (χ4n) is 0.192. The van der Waals surface area contributed by atoms with Gasteiger partial charge in [0.25, 0.3) is 0 Å². The van der Waals surface area contributed by atoms with E-state index in [4.69, 9.17) is 4.74 Å². The van der Waals surface area contributed by atoms with Gasteiger partial charge < -0.3 is 4.74 Å². The number of alkyl halides is 1. The van der Waals surface area contributed by atoms with Gasteiger partial charge in [-0.3, -0.25) is 0 Å². The summed E-state index contributed by atoms with van der Waals surface area (Å²) in [7, 11) is 1.66. The van der Waals surface area contributed by atoms with Crippen molar-refractivity contribution in [1.29, 1.82) is 0 Å². The van der Waals surface area contributed by atoms with Gasteiger partial charge >= 0.3 is 0 Å². The minimum absolute atomic E-state index is 0.868. The van der Waals surface area contributed by atoms with Gasteiger partial charge in [-0.15, -0.1) is 0 Å². The average molecular weight is 165 g/mol. The number of hydrogen-bond donors (Lipinski definition) is 0. The monoisotopic (exact) mass is 164 g/mol. The molecule has 0 aromatic heterocycles. The Labute approximate surface area is 52.5 Å². The first kappa shape index (κ1) is 7.02. The predicted octanol–water partition coefficient (Wildman–Crippen LogP) is 1.93. The highest BCUT2D eigenvalue weighted by molar-refractivity contribution is 9.09. The summed E-state index contributed by atoms with van der Waals surface area (Å²) >= 11 is 3.23. The molecule has 0 aliphatic rings. The minimum Gasteiger partial charge on any atom is -0.502 e. The van der Waals surface area contributed by atoms with Gasteiger partial charge in [-0.1, -0.05) is 15.9 Å². The van der Waals surface area contributed by atoms with Crippen LogP contribution in [0.3, 0.4) is 0 Å². The van der Waals surface area contributed by atoms with Crippen molar-refractivity contribution in [2.45, 2.75) is 6.92 Å². The van der Waals surface area contributed by atoms with Crippen molar-refractivity contribution in [3.8, 4) is 0 Å². The van der Waals surface area contributed by atoms with Crippen molar-refractivity contribution in [1.82, 2.24) is 0 Å². The third-order valence-electron chi connectivity index (χ3n) is 0.687. The van der Waals surface area contributed by atoms with Crippen LogP contribution < -0.4 is 0 Å². The summed E-state index contributed by atoms with van der Waals surface area (Å²) in [6.07, 6.45) is 1.96. The lowest BCUT2D eigenvalue weighted by atomic mass is 10.5. The molecule has 0 aromatic carbocycles. The Morgan fingerprint density at radius 1 is 1.86 bits per heavy atom. The summed E-state index contributed by atoms with van der Waals surface area (Å²) in [6.45, 7) is 1.92. The molecule has 0 radical (unpaired) electrons. The third-order valence-corrected chi connectivity index (χ3v) is 1.01. The number of allylic oxidation sites excluding steroid dienone is 2. The van der Waals surface area contributed by atoms with Crippen LogP contribution >= 0.6 is 15.9 Å². The van der Waals surface area contributed by atoms with Crippen molar-refractivity contribution in [2.75, 3.05) is 12.4 Å². The molecule has 0 fully saturated rings. The molecule has 0 rings (SSSR count). The van der Waals surface area contributed by atoms with Gasteiger partial charge in [-0.25, -0.2) is 0 Å². The highest BCUT2D eigenvalue weighted by Gasteiger charge is 1.77. The number of rotatable bonds is 2. The van der Waals surface area contributed by atoms with Crippen LogP contribution in [0.2, 0.25) is 0 Å². The molecule has 0 bridgehead atoms. The molecule has 0 aromatic rings. The van der Waals surface area contributed by atoms with Crippen LogP contribution in [-0.4, -0.2) is 12.4 Å². The standard InChI is InChI=1S/C5H9BrO/c1-5(7-2)3-4-6/h3H,4H2,1-2H3. The second-order valence-electron chi connectivity index (χ2n) is 1.17. The molecule has 42 valence electrons. The van der Waals surface area contributed by atoms with E-state index in [1.54, 1.807) is 7.11 Å². The lowest BCUT2D eigenvalue weighted by molar-refractivity contribution is 0.293. The summed E-state index contributed by atoms with van der Waals surface area (Å²) in [5.41, 5.74) is 0. The highest BCUT2D eigenvalue weighted by Crippen LogP contribution is 1.92. The van der Waals surface area contributed by atoms with Crippen molar-refractivity contribution < 1.29 is 4.74 Å². The molecular weight excluding hydrogens is 156 g/mol. The van der Waals surface area contributed by atoms with E-state index in [-0.39, 0.29) is 0 Å². The Balaban J connectivity index is 3.29. The SMILES string of the molecule is COC(C)=CCBr. The molecule has 1 nitrogen and oxygen atoms in total. The zero-order valence-corrected chi connectivity index (χ0v) is 6.16. The Hall–Kier alpha value is 0.0200. The van der Waals surface area contributed by atoms with E-state index in [0.29, 0.717) is 0 Å². The molecule has 7 heavy (non-hydrogen) atoms. The topological polar surface area (TPSA) is 9.23 Å². The van der Waals surface area contributed by atoms with Gasteiger partial charge in [-0.05, 0) is 13.0 Å². The van der Waals surface area contributed by atoms with E-state index in [2.05, 4.69) is 15.9 Å². The molecule has 0 unspecified atom stereocenters. The van der Waals surface area contributed by atoms with E-state index >= 15 is 0 Å². The number of ether oxygens (including phenoxy) is 1. The number of halogens is 1. The fraction of sp³-hybridized carbons (Fsp3) is 0.600. The molecule has 0 saturated heterocycles. The molecular formula is C5H9BrO. The van der Waals surface area contributed by atoms with E-state index in [0.717, 1.165) is 11.1 Å². The van der Waals surface area contributed by atoms with Crippen LogP contribution in [0.1, 0.15) is 6.92 Å². The molecule has 2 heteroatoms. The Kier molecular flexibility index (Phi) is 4.20. The van der Waals surface area contributed by atoms with Gasteiger partial charge in [0.2, 0.25) is 0 Å². The second kappa shape index (κ2) is 4.19. The van der Waals surface area contributed by atoms with Gasteiger partial charge in [0.15, 0.2) is 0 Å². The smallest absolute Gasteiger partial charge is 0.0893 e. The first-order valence-corrected chi connectivity index (χ1v) is 3.20. The number of hydrogen-bond acceptors (Lipinski definition) is 1. The molecule has 0 spiro atoms. The molecule has 0 heterocycles. The first-order chi connectivity index (χ1) is 3.31. The molecule has 0 aliphatic carbocycles. The van der Waals surface area contributed by atoms with Crippen LogP contribution in [0.4, 0.5) is 0 Å². The fourth-order valence-corrected chi connectivity index (χ4v) is 0.648. The van der Waals surface area contributed by atoms with Crippen LogP contribution in [0.5, 0.6) is 0 Å². The van der Waals surface area contributed by atoms with E-state index in [1.807, 2.05) is 13.0 Å². The lowest BCUT2D eigenvalue weighted by Gasteiger charge is -1.93. The maximum Gasteiger partial charge on any atom is 0.0893 e. The average Bonchev–Trinajstić information content (AvgIpc) is 1.68. The summed E-state index contributed by atoms with van der Waals surface area (Å²) in [5, 5.41) is 0.868. The quantitative estimate of drug-likeness (QED) is 0.448. The van der Waals surface area contributed by atoms with Gasteiger partial charge in [0.05, 0.1) is 12.9 Å². The predicted molar refractivity (Wildman–Crippen MR) is 34.6 cm³/mol. The molecule has 0 saturated carbocycles. The number of methoxy groups -OCH3 is 1. The molecule has 0 atom stereocenters. The van der Waals surface area contributed by atoms with Crippen LogP contribution in [0.25, 0.3) is 0 Å². The van der Waals surface area contributed by atoms with Crippen LogP contribution in [0.15, 0.2) is 11.8 Å². The summed E-state index contributed by atoms with van der Waals surface area (Å²) < 4.78 is 4.82. The zero-order chi connectivity index (χ0) is 5.70. The van der Waals surface area contributed by atoms with Gasteiger partial charge in [0, 0.05) is 5.33 Å². The Morgan fingerprint density at radius 2 is 2.43 bits per heavy atom. The van der Waals surface area contributed by atoms with Crippen molar-refractivity contribution >= 4 is 15.9 Å². The van der Waals surface area contributed by atoms with Gasteiger partial charge in [-0.2, -0.15) is 0 Å². The summed E-state index contributed by atoms with van der Waals surface area (Å²) in [4.78, 5) is 0. The van der Waals surface area contributed by atoms with Crippen molar-refractivity contribution in [3.05, 3.63) is 11.8 Å². The van der Waals surface area contributed by atoms with Crippen molar-refractivity contribution in [3.63, 3.8) is 0 Å². The van der Waals surface area contributed by atoms with E-state index in [1.165, 1.54) is 0 Å². The molecule has 0 amide bonds. The maximum absolute atomic E-state index is 4.82. The highest BCUT2D eigenvalue weighted by atomic mass is 79.9. The minimum atomic E-state index is 0.868. The van der Waals surface area contributed by atoms with E-state index < -0.39 is 0 Å². The normalized spacial score (nSPS) is 11.6. The van der Waals surface area contributed by atoms with E-state index in [9.17, 15) is 0 Å². The molecule has 0 N–H and O–H groups in total. The first-order valence-electron chi connectivity index (χ1n) is 2.08. The lowest BCUT2D eigenvalue weighted by Crippen LogP contribution is -1.77. The van der Waals surface area contributed by atoms with Crippen molar-refractivity contribution in [2.24, 2.45) is 0 Å². The third kappa shape index (κ3) is 3.86. The maximum atomic E-state index is 4.82.